The maximum Gasteiger partial charge on any atom is 0.263 e. The zero-order valence-corrected chi connectivity index (χ0v) is 11.9. The Balaban J connectivity index is 1.90. The van der Waals surface area contributed by atoms with Gasteiger partial charge in [0, 0.05) is 12.1 Å². The molecule has 0 bridgehead atoms. The van der Waals surface area contributed by atoms with Gasteiger partial charge in [0.15, 0.2) is 6.61 Å². The second kappa shape index (κ2) is 6.57. The highest BCUT2D eigenvalue weighted by atomic mass is 16.5. The van der Waals surface area contributed by atoms with Gasteiger partial charge in [-0.15, -0.1) is 0 Å². The molecule has 21 heavy (non-hydrogen) atoms. The molecular weight excluding hydrogens is 268 g/mol. The number of nitrogens with one attached hydrogen (secondary N) is 1. The van der Waals surface area contributed by atoms with Gasteiger partial charge in [0.05, 0.1) is 17.8 Å². The van der Waals surface area contributed by atoms with Gasteiger partial charge in [0.25, 0.3) is 5.91 Å². The zero-order valence-electron chi connectivity index (χ0n) is 11.9. The molecule has 0 atom stereocenters. The lowest BCUT2D eigenvalue weighted by Gasteiger charge is -2.12. The van der Waals surface area contributed by atoms with Gasteiger partial charge in [0.1, 0.15) is 11.6 Å². The average molecular weight is 284 g/mol. The summed E-state index contributed by atoms with van der Waals surface area (Å²) in [4.78, 5) is 11.9. The largest absolute Gasteiger partial charge is 0.484 e. The molecule has 2 aromatic rings. The molecule has 1 N–H and O–H groups in total. The molecule has 1 heterocycles. The van der Waals surface area contributed by atoms with Gasteiger partial charge in [-0.3, -0.25) is 4.79 Å². The van der Waals surface area contributed by atoms with Crippen LogP contribution in [0.3, 0.4) is 0 Å². The van der Waals surface area contributed by atoms with E-state index in [0.29, 0.717) is 17.1 Å². The molecular formula is C15H16N4O2. The maximum absolute atomic E-state index is 11.9. The van der Waals surface area contributed by atoms with Crippen molar-refractivity contribution < 1.29 is 9.53 Å². The number of amides is 1. The van der Waals surface area contributed by atoms with Crippen LogP contribution in [0.4, 0.5) is 5.82 Å². The van der Waals surface area contributed by atoms with Gasteiger partial charge in [-0.1, -0.05) is 0 Å². The molecule has 2 rings (SSSR count). The summed E-state index contributed by atoms with van der Waals surface area (Å²) in [5, 5.41) is 15.6. The van der Waals surface area contributed by atoms with E-state index in [0.717, 1.165) is 0 Å². The number of anilines is 1. The highest BCUT2D eigenvalue weighted by Crippen LogP contribution is 2.14. The van der Waals surface area contributed by atoms with Gasteiger partial charge in [-0.2, -0.15) is 10.4 Å². The third-order valence-corrected chi connectivity index (χ3v) is 2.78. The van der Waals surface area contributed by atoms with Crippen LogP contribution >= 0.6 is 0 Å². The number of rotatable bonds is 5. The minimum Gasteiger partial charge on any atom is -0.484 e. The van der Waals surface area contributed by atoms with E-state index in [4.69, 9.17) is 10.00 Å². The van der Waals surface area contributed by atoms with Crippen molar-refractivity contribution in [3.8, 4) is 11.8 Å². The molecule has 0 aliphatic carbocycles. The molecule has 0 radical (unpaired) electrons. The lowest BCUT2D eigenvalue weighted by Crippen LogP contribution is -2.22. The Hall–Kier alpha value is -2.81. The second-order valence-corrected chi connectivity index (χ2v) is 4.73. The third-order valence-electron chi connectivity index (χ3n) is 2.78. The predicted molar refractivity (Wildman–Crippen MR) is 77.9 cm³/mol. The van der Waals surface area contributed by atoms with E-state index in [9.17, 15) is 4.79 Å². The summed E-state index contributed by atoms with van der Waals surface area (Å²) in [5.74, 6) is 0.918. The van der Waals surface area contributed by atoms with Gasteiger partial charge >= 0.3 is 0 Å². The molecule has 6 heteroatoms. The van der Waals surface area contributed by atoms with Gasteiger partial charge in [-0.05, 0) is 38.1 Å². The van der Waals surface area contributed by atoms with Crippen LogP contribution in [0.5, 0.6) is 5.75 Å². The highest BCUT2D eigenvalue weighted by molar-refractivity contribution is 5.91. The molecule has 0 saturated heterocycles. The Morgan fingerprint density at radius 1 is 1.38 bits per heavy atom. The molecule has 1 aromatic heterocycles. The Bertz CT molecular complexity index is 653. The summed E-state index contributed by atoms with van der Waals surface area (Å²) >= 11 is 0. The van der Waals surface area contributed by atoms with E-state index in [1.54, 1.807) is 41.2 Å². The van der Waals surface area contributed by atoms with E-state index in [1.807, 2.05) is 19.9 Å². The number of carbonyl (C=O) groups excluding carboxylic acids is 1. The van der Waals surface area contributed by atoms with Crippen LogP contribution in [0.1, 0.15) is 25.5 Å². The number of benzene rings is 1. The Morgan fingerprint density at radius 3 is 2.71 bits per heavy atom. The topological polar surface area (TPSA) is 79.9 Å². The second-order valence-electron chi connectivity index (χ2n) is 4.73. The molecule has 1 amide bonds. The van der Waals surface area contributed by atoms with E-state index in [-0.39, 0.29) is 18.6 Å². The Morgan fingerprint density at radius 2 is 2.10 bits per heavy atom. The smallest absolute Gasteiger partial charge is 0.263 e. The fourth-order valence-corrected chi connectivity index (χ4v) is 1.78. The van der Waals surface area contributed by atoms with Crippen molar-refractivity contribution in [3.63, 3.8) is 0 Å². The number of ether oxygens (including phenoxy) is 1. The fourth-order valence-electron chi connectivity index (χ4n) is 1.78. The van der Waals surface area contributed by atoms with Crippen LogP contribution in [-0.4, -0.2) is 22.3 Å². The van der Waals surface area contributed by atoms with Crippen LogP contribution in [0, 0.1) is 11.3 Å². The standard InChI is InChI=1S/C15H16N4O2/c1-11(2)19-14(7-8-17-19)18-15(20)10-21-13-5-3-12(9-16)4-6-13/h3-8,11H,10H2,1-2H3,(H,18,20). The van der Waals surface area contributed by atoms with Crippen molar-refractivity contribution in [1.82, 2.24) is 9.78 Å². The molecule has 0 fully saturated rings. The van der Waals surface area contributed by atoms with Crippen LogP contribution in [0.15, 0.2) is 36.5 Å². The zero-order chi connectivity index (χ0) is 15.2. The van der Waals surface area contributed by atoms with Crippen molar-refractivity contribution in [2.45, 2.75) is 19.9 Å². The Labute approximate surface area is 123 Å². The van der Waals surface area contributed by atoms with Crippen LogP contribution < -0.4 is 10.1 Å². The Kier molecular flexibility index (Phi) is 4.57. The average Bonchev–Trinajstić information content (AvgIpc) is 2.94. The normalized spacial score (nSPS) is 10.2. The SMILES string of the molecule is CC(C)n1nccc1NC(=O)COc1ccc(C#N)cc1. The number of nitriles is 1. The molecule has 0 unspecified atom stereocenters. The minimum atomic E-state index is -0.262. The number of carbonyl (C=O) groups is 1. The molecule has 108 valence electrons. The monoisotopic (exact) mass is 284 g/mol. The van der Waals surface area contributed by atoms with Crippen molar-refractivity contribution >= 4 is 11.7 Å². The molecule has 1 aromatic carbocycles. The molecule has 0 aliphatic heterocycles. The first-order valence-corrected chi connectivity index (χ1v) is 6.56. The summed E-state index contributed by atoms with van der Waals surface area (Å²) in [7, 11) is 0. The number of nitrogens with zero attached hydrogens (tertiary/aromatic N) is 3. The summed E-state index contributed by atoms with van der Waals surface area (Å²) in [6.45, 7) is 3.86. The number of aromatic nitrogens is 2. The van der Waals surface area contributed by atoms with Crippen LogP contribution in [0.2, 0.25) is 0 Å². The predicted octanol–water partition coefficient (Wildman–Crippen LogP) is 2.35. The number of hydrogen-bond donors (Lipinski definition) is 1. The van der Waals surface area contributed by atoms with Crippen molar-refractivity contribution in [1.29, 1.82) is 5.26 Å². The van der Waals surface area contributed by atoms with Crippen molar-refractivity contribution in [2.75, 3.05) is 11.9 Å². The van der Waals surface area contributed by atoms with Crippen molar-refractivity contribution in [2.24, 2.45) is 0 Å². The fraction of sp³-hybridized carbons (Fsp3) is 0.267. The third kappa shape index (κ3) is 3.83. The first kappa shape index (κ1) is 14.6. The lowest BCUT2D eigenvalue weighted by molar-refractivity contribution is -0.118. The molecule has 0 aliphatic rings. The summed E-state index contributed by atoms with van der Waals surface area (Å²) < 4.78 is 7.09. The van der Waals surface area contributed by atoms with E-state index in [2.05, 4.69) is 10.4 Å². The van der Waals surface area contributed by atoms with Gasteiger partial charge in [0.2, 0.25) is 0 Å². The van der Waals surface area contributed by atoms with Gasteiger partial charge < -0.3 is 10.1 Å². The maximum atomic E-state index is 11.9. The first-order valence-electron chi connectivity index (χ1n) is 6.56. The summed E-state index contributed by atoms with van der Waals surface area (Å²) in [6.07, 6.45) is 1.64. The number of hydrogen-bond acceptors (Lipinski definition) is 4. The summed E-state index contributed by atoms with van der Waals surface area (Å²) in [5.41, 5.74) is 0.549. The van der Waals surface area contributed by atoms with Crippen LogP contribution in [0.25, 0.3) is 0 Å². The molecule has 0 spiro atoms. The van der Waals surface area contributed by atoms with Crippen molar-refractivity contribution in [3.05, 3.63) is 42.1 Å². The van der Waals surface area contributed by atoms with E-state index in [1.165, 1.54) is 0 Å². The van der Waals surface area contributed by atoms with E-state index < -0.39 is 0 Å². The first-order chi connectivity index (χ1) is 10.1. The minimum absolute atomic E-state index is 0.102. The lowest BCUT2D eigenvalue weighted by atomic mass is 10.2. The van der Waals surface area contributed by atoms with Gasteiger partial charge in [-0.25, -0.2) is 4.68 Å². The molecule has 0 saturated carbocycles. The highest BCUT2D eigenvalue weighted by Gasteiger charge is 2.09. The van der Waals surface area contributed by atoms with Crippen LogP contribution in [-0.2, 0) is 4.79 Å². The molecule has 6 nitrogen and oxygen atoms in total. The quantitative estimate of drug-likeness (QED) is 0.914. The van der Waals surface area contributed by atoms with E-state index >= 15 is 0 Å². The summed E-state index contributed by atoms with van der Waals surface area (Å²) in [6, 6.07) is 10.5.